The molecule has 0 saturated carbocycles. The number of nitrogens with zero attached hydrogens (tertiary/aromatic N) is 3. The Morgan fingerprint density at radius 2 is 1.62 bits per heavy atom. The van der Waals surface area contributed by atoms with Crippen LogP contribution in [0.2, 0.25) is 0 Å². The van der Waals surface area contributed by atoms with E-state index in [4.69, 9.17) is 0 Å². The monoisotopic (exact) mass is 467 g/mol. The minimum atomic E-state index is -0.860. The Morgan fingerprint density at radius 1 is 0.941 bits per heavy atom. The highest BCUT2D eigenvalue weighted by atomic mass is 19.1. The second-order valence-corrected chi connectivity index (χ2v) is 8.69. The van der Waals surface area contributed by atoms with Crippen LogP contribution in [0.25, 0.3) is 0 Å². The number of hydrogen-bond acceptors (Lipinski definition) is 5. The van der Waals surface area contributed by atoms with Crippen molar-refractivity contribution in [1.29, 1.82) is 0 Å². The lowest BCUT2D eigenvalue weighted by molar-refractivity contribution is -0.145. The van der Waals surface area contributed by atoms with Crippen LogP contribution in [0, 0.1) is 5.82 Å². The topological polar surface area (TPSA) is 85.0 Å². The lowest BCUT2D eigenvalue weighted by Crippen LogP contribution is -2.60. The van der Waals surface area contributed by atoms with E-state index in [9.17, 15) is 18.8 Å². The van der Waals surface area contributed by atoms with Crippen LogP contribution in [-0.2, 0) is 20.9 Å². The van der Waals surface area contributed by atoms with Crippen molar-refractivity contribution in [3.05, 3.63) is 66.0 Å². The predicted molar refractivity (Wildman–Crippen MR) is 126 cm³/mol. The molecule has 2 saturated heterocycles. The van der Waals surface area contributed by atoms with Gasteiger partial charge in [-0.15, -0.1) is 0 Å². The third-order valence-electron chi connectivity index (χ3n) is 6.23. The molecule has 0 spiro atoms. The molecule has 8 nitrogen and oxygen atoms in total. The number of rotatable bonds is 7. The number of piperazine rings is 2. The van der Waals surface area contributed by atoms with Crippen molar-refractivity contribution >= 4 is 23.4 Å². The van der Waals surface area contributed by atoms with Gasteiger partial charge < -0.3 is 15.5 Å². The SMILES string of the molecule is O=C(C[C@@H]1C(=O)NCCN1C(=O)CN1CCN(Cc2ccccc2)CC1)Nc1ccc(F)cc1. The van der Waals surface area contributed by atoms with Gasteiger partial charge in [0.15, 0.2) is 0 Å². The Hall–Kier alpha value is -3.30. The smallest absolute Gasteiger partial charge is 0.243 e. The second-order valence-electron chi connectivity index (χ2n) is 8.69. The molecular weight excluding hydrogens is 437 g/mol. The highest BCUT2D eigenvalue weighted by Crippen LogP contribution is 2.15. The van der Waals surface area contributed by atoms with Crippen LogP contribution >= 0.6 is 0 Å². The summed E-state index contributed by atoms with van der Waals surface area (Å²) in [6, 6.07) is 14.9. The van der Waals surface area contributed by atoms with Gasteiger partial charge in [-0.25, -0.2) is 4.39 Å². The first-order chi connectivity index (χ1) is 16.5. The Kier molecular flexibility index (Phi) is 7.87. The summed E-state index contributed by atoms with van der Waals surface area (Å²) in [4.78, 5) is 44.1. The van der Waals surface area contributed by atoms with E-state index in [0.29, 0.717) is 18.8 Å². The molecule has 2 aromatic rings. The third kappa shape index (κ3) is 6.39. The summed E-state index contributed by atoms with van der Waals surface area (Å²) < 4.78 is 13.1. The van der Waals surface area contributed by atoms with Gasteiger partial charge in [0.2, 0.25) is 17.7 Å². The lowest BCUT2D eigenvalue weighted by Gasteiger charge is -2.38. The van der Waals surface area contributed by atoms with E-state index in [0.717, 1.165) is 32.7 Å². The average Bonchev–Trinajstić information content (AvgIpc) is 2.84. The number of amides is 3. The molecule has 0 radical (unpaired) electrons. The maximum Gasteiger partial charge on any atom is 0.243 e. The fourth-order valence-corrected chi connectivity index (χ4v) is 4.37. The number of anilines is 1. The Bertz CT molecular complexity index is 993. The normalized spacial score (nSPS) is 19.5. The van der Waals surface area contributed by atoms with E-state index in [2.05, 4.69) is 32.6 Å². The van der Waals surface area contributed by atoms with E-state index < -0.39 is 17.8 Å². The maximum absolute atomic E-state index is 13.1. The van der Waals surface area contributed by atoms with Gasteiger partial charge in [0, 0.05) is 51.5 Å². The summed E-state index contributed by atoms with van der Waals surface area (Å²) in [6.07, 6.45) is -0.153. The maximum atomic E-state index is 13.1. The van der Waals surface area contributed by atoms with Gasteiger partial charge in [-0.1, -0.05) is 30.3 Å². The molecule has 0 aliphatic carbocycles. The van der Waals surface area contributed by atoms with Crippen molar-refractivity contribution in [3.63, 3.8) is 0 Å². The van der Waals surface area contributed by atoms with Crippen LogP contribution in [0.3, 0.4) is 0 Å². The summed E-state index contributed by atoms with van der Waals surface area (Å²) in [5.74, 6) is -1.28. The Morgan fingerprint density at radius 3 is 2.32 bits per heavy atom. The van der Waals surface area contributed by atoms with Gasteiger partial charge >= 0.3 is 0 Å². The molecule has 1 atom stereocenters. The van der Waals surface area contributed by atoms with Crippen molar-refractivity contribution in [2.45, 2.75) is 19.0 Å². The van der Waals surface area contributed by atoms with Crippen LogP contribution in [0.5, 0.6) is 0 Å². The Balaban J connectivity index is 1.29. The van der Waals surface area contributed by atoms with Gasteiger partial charge in [0.05, 0.1) is 13.0 Å². The number of carbonyl (C=O) groups is 3. The van der Waals surface area contributed by atoms with E-state index in [-0.39, 0.29) is 24.8 Å². The molecule has 2 aliphatic heterocycles. The standard InChI is InChI=1S/C25H30FN5O3/c26-20-6-8-21(9-7-20)28-23(32)16-22-25(34)27-10-11-31(22)24(33)18-30-14-12-29(13-15-30)17-19-4-2-1-3-5-19/h1-9,22H,10-18H2,(H,27,34)(H,28,32)/t22-/m1/s1. The van der Waals surface area contributed by atoms with Gasteiger partial charge in [0.1, 0.15) is 11.9 Å². The lowest BCUT2D eigenvalue weighted by atomic mass is 10.1. The van der Waals surface area contributed by atoms with Gasteiger partial charge in [-0.2, -0.15) is 0 Å². The van der Waals surface area contributed by atoms with Crippen molar-refractivity contribution in [2.75, 3.05) is 51.1 Å². The number of halogens is 1. The summed E-state index contributed by atoms with van der Waals surface area (Å²) in [7, 11) is 0. The molecule has 0 bridgehead atoms. The number of benzene rings is 2. The highest BCUT2D eigenvalue weighted by molar-refractivity contribution is 5.97. The first-order valence-electron chi connectivity index (χ1n) is 11.6. The van der Waals surface area contributed by atoms with Crippen LogP contribution in [0.1, 0.15) is 12.0 Å². The second kappa shape index (κ2) is 11.2. The number of nitrogens with one attached hydrogen (secondary N) is 2. The van der Waals surface area contributed by atoms with E-state index >= 15 is 0 Å². The van der Waals surface area contributed by atoms with Crippen LogP contribution < -0.4 is 10.6 Å². The summed E-state index contributed by atoms with van der Waals surface area (Å²) in [6.45, 7) is 5.13. The van der Waals surface area contributed by atoms with E-state index in [1.54, 1.807) is 0 Å². The predicted octanol–water partition coefficient (Wildman–Crippen LogP) is 1.30. The fraction of sp³-hybridized carbons (Fsp3) is 0.400. The molecule has 9 heteroatoms. The number of hydrogen-bond donors (Lipinski definition) is 2. The van der Waals surface area contributed by atoms with Gasteiger partial charge in [0.25, 0.3) is 0 Å². The van der Waals surface area contributed by atoms with E-state index in [1.165, 1.54) is 34.7 Å². The molecule has 2 N–H and O–H groups in total. The van der Waals surface area contributed by atoms with Crippen molar-refractivity contribution in [1.82, 2.24) is 20.0 Å². The van der Waals surface area contributed by atoms with Crippen LogP contribution in [0.4, 0.5) is 10.1 Å². The minimum absolute atomic E-state index is 0.147. The van der Waals surface area contributed by atoms with E-state index in [1.807, 2.05) is 18.2 Å². The zero-order valence-corrected chi connectivity index (χ0v) is 19.1. The van der Waals surface area contributed by atoms with Gasteiger partial charge in [-0.05, 0) is 29.8 Å². The molecule has 2 aliphatic rings. The minimum Gasteiger partial charge on any atom is -0.353 e. The zero-order valence-electron chi connectivity index (χ0n) is 19.1. The Labute approximate surface area is 198 Å². The summed E-state index contributed by atoms with van der Waals surface area (Å²) >= 11 is 0. The largest absolute Gasteiger partial charge is 0.353 e. The zero-order chi connectivity index (χ0) is 23.9. The molecule has 0 unspecified atom stereocenters. The molecule has 34 heavy (non-hydrogen) atoms. The summed E-state index contributed by atoms with van der Waals surface area (Å²) in [5, 5.41) is 5.41. The first-order valence-corrected chi connectivity index (χ1v) is 11.6. The molecular formula is C25H30FN5O3. The fourth-order valence-electron chi connectivity index (χ4n) is 4.37. The van der Waals surface area contributed by atoms with Crippen LogP contribution in [-0.4, -0.2) is 84.3 Å². The first kappa shape index (κ1) is 23.8. The molecule has 180 valence electrons. The van der Waals surface area contributed by atoms with Crippen molar-refractivity contribution < 1.29 is 18.8 Å². The summed E-state index contributed by atoms with van der Waals surface area (Å²) in [5.41, 5.74) is 1.71. The number of carbonyl (C=O) groups excluding carboxylic acids is 3. The van der Waals surface area contributed by atoms with Gasteiger partial charge in [-0.3, -0.25) is 24.2 Å². The van der Waals surface area contributed by atoms with Crippen LogP contribution in [0.15, 0.2) is 54.6 Å². The molecule has 3 amide bonds. The molecule has 4 rings (SSSR count). The molecule has 2 fully saturated rings. The van der Waals surface area contributed by atoms with Crippen molar-refractivity contribution in [2.24, 2.45) is 0 Å². The van der Waals surface area contributed by atoms with Crippen molar-refractivity contribution in [3.8, 4) is 0 Å². The highest BCUT2D eigenvalue weighted by Gasteiger charge is 2.35. The third-order valence-corrected chi connectivity index (χ3v) is 6.23. The molecule has 0 aromatic heterocycles. The molecule has 2 aromatic carbocycles. The molecule has 2 heterocycles. The quantitative estimate of drug-likeness (QED) is 0.641. The average molecular weight is 468 g/mol.